The van der Waals surface area contributed by atoms with Gasteiger partial charge in [0.1, 0.15) is 0 Å². The summed E-state index contributed by atoms with van der Waals surface area (Å²) in [6.45, 7) is 0. The van der Waals surface area contributed by atoms with Gasteiger partial charge in [-0.1, -0.05) is 36.5 Å². The molecule has 0 radical (unpaired) electrons. The van der Waals surface area contributed by atoms with Crippen molar-refractivity contribution in [2.45, 2.75) is 32.1 Å². The van der Waals surface area contributed by atoms with Crippen LogP contribution in [0.3, 0.4) is 0 Å². The van der Waals surface area contributed by atoms with E-state index < -0.39 is 0 Å². The number of rotatable bonds is 0. The first-order valence-corrected chi connectivity index (χ1v) is 4.47. The fourth-order valence-electron chi connectivity index (χ4n) is 1.15. The van der Waals surface area contributed by atoms with Gasteiger partial charge in [-0.3, -0.25) is 0 Å². The normalized spacial score (nSPS) is 25.5. The van der Waals surface area contributed by atoms with E-state index in [0.29, 0.717) is 0 Å². The van der Waals surface area contributed by atoms with Crippen LogP contribution in [-0.4, -0.2) is 0 Å². The Morgan fingerprint density at radius 2 is 1.36 bits per heavy atom. The Bertz CT molecular complexity index is 161. The molecule has 0 N–H and O–H groups in total. The molecule has 0 atom stereocenters. The molecule has 1 aliphatic rings. The molecule has 0 bridgehead atoms. The van der Waals surface area contributed by atoms with Gasteiger partial charge in [-0.15, -0.1) is 0 Å². The third-order valence-corrected chi connectivity index (χ3v) is 1.81. The zero-order valence-corrected chi connectivity index (χ0v) is 7.00. The summed E-state index contributed by atoms with van der Waals surface area (Å²) in [5.41, 5.74) is 0. The van der Waals surface area contributed by atoms with Crippen molar-refractivity contribution in [2.24, 2.45) is 0 Å². The minimum absolute atomic E-state index is 1.09. The average molecular weight is 148 g/mol. The van der Waals surface area contributed by atoms with Gasteiger partial charge in [0.05, 0.1) is 0 Å². The Morgan fingerprint density at radius 1 is 0.636 bits per heavy atom. The van der Waals surface area contributed by atoms with Gasteiger partial charge in [-0.2, -0.15) is 0 Å². The summed E-state index contributed by atoms with van der Waals surface area (Å²) in [7, 11) is 0. The Labute approximate surface area is 69.3 Å². The molecule has 0 aromatic heterocycles. The molecule has 0 heterocycles. The van der Waals surface area contributed by atoms with Crippen molar-refractivity contribution in [3.63, 3.8) is 0 Å². The van der Waals surface area contributed by atoms with Gasteiger partial charge in [0.15, 0.2) is 0 Å². The van der Waals surface area contributed by atoms with Crippen molar-refractivity contribution >= 4 is 0 Å². The SMILES string of the molecule is C1=CC/C=C/CCCC/C=C/1. The third-order valence-electron chi connectivity index (χ3n) is 1.81. The Hall–Kier alpha value is -0.780. The van der Waals surface area contributed by atoms with Gasteiger partial charge in [-0.25, -0.2) is 0 Å². The first-order chi connectivity index (χ1) is 5.50. The van der Waals surface area contributed by atoms with E-state index in [1.54, 1.807) is 0 Å². The first kappa shape index (κ1) is 8.32. The molecule has 0 saturated heterocycles. The van der Waals surface area contributed by atoms with Crippen LogP contribution in [0, 0.1) is 0 Å². The van der Waals surface area contributed by atoms with E-state index in [9.17, 15) is 0 Å². The molecule has 0 aromatic rings. The molecule has 11 heavy (non-hydrogen) atoms. The standard InChI is InChI=1S/C11H16/c1-2-4-6-8-10-11-9-7-5-3-1/h1-4,7,9H,5-6,8,10-11H2/b3-1?,4-2+,9-7+. The third kappa shape index (κ3) is 4.60. The molecule has 0 amide bonds. The highest BCUT2D eigenvalue weighted by Gasteiger charge is 1.83. The number of hydrogen-bond donors (Lipinski definition) is 0. The fraction of sp³-hybridized carbons (Fsp3) is 0.455. The maximum Gasteiger partial charge on any atom is -0.0166 e. The van der Waals surface area contributed by atoms with Crippen LogP contribution in [0.15, 0.2) is 36.5 Å². The van der Waals surface area contributed by atoms with Gasteiger partial charge < -0.3 is 0 Å². The lowest BCUT2D eigenvalue weighted by atomic mass is 10.2. The van der Waals surface area contributed by atoms with Crippen LogP contribution < -0.4 is 0 Å². The highest BCUT2D eigenvalue weighted by Crippen LogP contribution is 2.03. The molecule has 0 aromatic carbocycles. The second-order valence-corrected chi connectivity index (χ2v) is 2.85. The molecule has 0 saturated carbocycles. The maximum atomic E-state index is 2.29. The van der Waals surface area contributed by atoms with Crippen molar-refractivity contribution in [1.29, 1.82) is 0 Å². The highest BCUT2D eigenvalue weighted by molar-refractivity contribution is 5.05. The summed E-state index contributed by atoms with van der Waals surface area (Å²) < 4.78 is 0. The molecule has 0 fully saturated rings. The van der Waals surface area contributed by atoms with E-state index in [0.717, 1.165) is 6.42 Å². The minimum atomic E-state index is 1.09. The predicted octanol–water partition coefficient (Wildman–Crippen LogP) is 3.62. The lowest BCUT2D eigenvalue weighted by molar-refractivity contribution is 0.761. The molecule has 0 unspecified atom stereocenters. The van der Waals surface area contributed by atoms with Crippen molar-refractivity contribution < 1.29 is 0 Å². The first-order valence-electron chi connectivity index (χ1n) is 4.47. The Balaban J connectivity index is 2.35. The summed E-state index contributed by atoms with van der Waals surface area (Å²) in [5, 5.41) is 0. The van der Waals surface area contributed by atoms with Crippen LogP contribution in [0.2, 0.25) is 0 Å². The average Bonchev–Trinajstić information content (AvgIpc) is 2.08. The smallest absolute Gasteiger partial charge is 0.0166 e. The molecule has 1 aliphatic carbocycles. The largest absolute Gasteiger partial charge is 0.0882 e. The van der Waals surface area contributed by atoms with Gasteiger partial charge in [0.25, 0.3) is 0 Å². The van der Waals surface area contributed by atoms with Crippen LogP contribution in [0.5, 0.6) is 0 Å². The van der Waals surface area contributed by atoms with Crippen molar-refractivity contribution in [1.82, 2.24) is 0 Å². The van der Waals surface area contributed by atoms with Crippen molar-refractivity contribution in [3.05, 3.63) is 36.5 Å². The van der Waals surface area contributed by atoms with Crippen LogP contribution in [0.1, 0.15) is 32.1 Å². The van der Waals surface area contributed by atoms with Gasteiger partial charge in [-0.05, 0) is 32.1 Å². The molecule has 0 aliphatic heterocycles. The fourth-order valence-corrected chi connectivity index (χ4v) is 1.15. The lowest BCUT2D eigenvalue weighted by Gasteiger charge is -1.90. The zero-order valence-electron chi connectivity index (χ0n) is 7.00. The summed E-state index contributed by atoms with van der Waals surface area (Å²) >= 11 is 0. The topological polar surface area (TPSA) is 0 Å². The number of allylic oxidation sites excluding steroid dienone is 6. The van der Waals surface area contributed by atoms with Crippen LogP contribution in [0.4, 0.5) is 0 Å². The highest BCUT2D eigenvalue weighted by atomic mass is 13.9. The lowest BCUT2D eigenvalue weighted by Crippen LogP contribution is -1.71. The van der Waals surface area contributed by atoms with Crippen LogP contribution in [-0.2, 0) is 0 Å². The monoisotopic (exact) mass is 148 g/mol. The molecule has 60 valence electrons. The van der Waals surface area contributed by atoms with Crippen molar-refractivity contribution in [3.8, 4) is 0 Å². The second kappa shape index (κ2) is 5.96. The van der Waals surface area contributed by atoms with Gasteiger partial charge in [0.2, 0.25) is 0 Å². The number of hydrogen-bond acceptors (Lipinski definition) is 0. The minimum Gasteiger partial charge on any atom is -0.0882 e. The maximum absolute atomic E-state index is 2.29. The van der Waals surface area contributed by atoms with E-state index in [2.05, 4.69) is 36.5 Å². The zero-order chi connectivity index (χ0) is 7.78. The second-order valence-electron chi connectivity index (χ2n) is 2.85. The van der Waals surface area contributed by atoms with Crippen LogP contribution >= 0.6 is 0 Å². The summed E-state index contributed by atoms with van der Waals surface area (Å²) in [6, 6.07) is 0. The van der Waals surface area contributed by atoms with Gasteiger partial charge in [0, 0.05) is 0 Å². The molecular formula is C11H16. The van der Waals surface area contributed by atoms with Crippen LogP contribution in [0.25, 0.3) is 0 Å². The molecule has 0 spiro atoms. The molecule has 0 nitrogen and oxygen atoms in total. The molecule has 0 heteroatoms. The Kier molecular flexibility index (Phi) is 4.51. The summed E-state index contributed by atoms with van der Waals surface area (Å²) in [6.07, 6.45) is 19.5. The summed E-state index contributed by atoms with van der Waals surface area (Å²) in [5.74, 6) is 0. The van der Waals surface area contributed by atoms with Crippen molar-refractivity contribution in [2.75, 3.05) is 0 Å². The van der Waals surface area contributed by atoms with E-state index >= 15 is 0 Å². The molecular weight excluding hydrogens is 132 g/mol. The van der Waals surface area contributed by atoms with E-state index in [-0.39, 0.29) is 0 Å². The van der Waals surface area contributed by atoms with E-state index in [1.807, 2.05) is 0 Å². The predicted molar refractivity (Wildman–Crippen MR) is 50.5 cm³/mol. The Morgan fingerprint density at radius 3 is 2.27 bits per heavy atom. The van der Waals surface area contributed by atoms with E-state index in [4.69, 9.17) is 0 Å². The van der Waals surface area contributed by atoms with E-state index in [1.165, 1.54) is 25.7 Å². The quantitative estimate of drug-likeness (QED) is 0.460. The molecule has 1 rings (SSSR count). The van der Waals surface area contributed by atoms with Gasteiger partial charge >= 0.3 is 0 Å². The summed E-state index contributed by atoms with van der Waals surface area (Å²) in [4.78, 5) is 0.